The summed E-state index contributed by atoms with van der Waals surface area (Å²) >= 11 is 0. The lowest BCUT2D eigenvalue weighted by molar-refractivity contribution is -0.149. The Kier molecular flexibility index (Phi) is 29.7. The zero-order valence-electron chi connectivity index (χ0n) is 27.5. The summed E-state index contributed by atoms with van der Waals surface area (Å²) in [5, 5.41) is 18.5. The van der Waals surface area contributed by atoms with Gasteiger partial charge in [-0.15, -0.1) is 0 Å². The fourth-order valence-electron chi connectivity index (χ4n) is 3.11. The van der Waals surface area contributed by atoms with Gasteiger partial charge in [-0.1, -0.05) is 99.1 Å². The molecule has 0 saturated heterocycles. The van der Waals surface area contributed by atoms with Crippen LogP contribution in [0.15, 0.2) is 78.9 Å². The third-order valence-electron chi connectivity index (χ3n) is 5.27. The zero-order valence-corrected chi connectivity index (χ0v) is 27.5. The van der Waals surface area contributed by atoms with E-state index in [0.717, 1.165) is 24.8 Å². The highest BCUT2D eigenvalue weighted by Crippen LogP contribution is 2.11. The van der Waals surface area contributed by atoms with E-state index in [-0.39, 0.29) is 30.7 Å². The summed E-state index contributed by atoms with van der Waals surface area (Å²) in [4.78, 5) is 42.2. The van der Waals surface area contributed by atoms with Crippen LogP contribution in [0.25, 0.3) is 10.8 Å². The molecule has 0 bridgehead atoms. The summed E-state index contributed by atoms with van der Waals surface area (Å²) in [7, 11) is 0. The SMILES string of the molecule is CCCCC(=O)O.CCCO.CCOC(=O)CCC(=O)OCC.CCOC(=O)Cc1ccccc1.c1ccc2ccccc2c1. The minimum Gasteiger partial charge on any atom is -0.481 e. The van der Waals surface area contributed by atoms with E-state index in [1.54, 1.807) is 13.8 Å². The first kappa shape index (κ1) is 42.9. The summed E-state index contributed by atoms with van der Waals surface area (Å²) in [6.07, 6.45) is 3.53. The van der Waals surface area contributed by atoms with Crippen molar-refractivity contribution in [1.29, 1.82) is 0 Å². The van der Waals surface area contributed by atoms with E-state index < -0.39 is 5.97 Å². The predicted octanol–water partition coefficient (Wildman–Crippen LogP) is 7.17. The number of rotatable bonds is 12. The Balaban J connectivity index is 0. The molecule has 0 unspecified atom stereocenters. The van der Waals surface area contributed by atoms with Crippen LogP contribution in [0.5, 0.6) is 0 Å². The minimum absolute atomic E-state index is 0.104. The van der Waals surface area contributed by atoms with E-state index in [9.17, 15) is 19.2 Å². The van der Waals surface area contributed by atoms with Crippen molar-refractivity contribution in [2.75, 3.05) is 26.4 Å². The van der Waals surface area contributed by atoms with Gasteiger partial charge >= 0.3 is 23.9 Å². The van der Waals surface area contributed by atoms with Crippen molar-refractivity contribution >= 4 is 34.6 Å². The van der Waals surface area contributed by atoms with Crippen molar-refractivity contribution in [3.63, 3.8) is 0 Å². The number of ether oxygens (including phenoxy) is 3. The van der Waals surface area contributed by atoms with Gasteiger partial charge < -0.3 is 24.4 Å². The molecule has 0 saturated carbocycles. The minimum atomic E-state index is -0.693. The Morgan fingerprint density at radius 2 is 0.933 bits per heavy atom. The summed E-state index contributed by atoms with van der Waals surface area (Å²) in [6.45, 7) is 10.6. The lowest BCUT2D eigenvalue weighted by atomic mass is 10.1. The van der Waals surface area contributed by atoms with Gasteiger partial charge in [0.15, 0.2) is 0 Å². The number of aliphatic hydroxyl groups excluding tert-OH is 1. The molecule has 0 aliphatic rings. The number of carboxylic acids is 1. The molecule has 0 atom stereocenters. The number of hydrogen-bond donors (Lipinski definition) is 2. The van der Waals surface area contributed by atoms with Gasteiger partial charge in [-0.25, -0.2) is 0 Å². The van der Waals surface area contributed by atoms with Crippen molar-refractivity contribution in [3.8, 4) is 0 Å². The van der Waals surface area contributed by atoms with Gasteiger partial charge in [-0.2, -0.15) is 0 Å². The van der Waals surface area contributed by atoms with E-state index in [1.165, 1.54) is 10.8 Å². The summed E-state index contributed by atoms with van der Waals surface area (Å²) in [5.41, 5.74) is 0.996. The van der Waals surface area contributed by atoms with Crippen LogP contribution >= 0.6 is 0 Å². The Hall–Kier alpha value is -4.24. The van der Waals surface area contributed by atoms with E-state index in [4.69, 9.17) is 14.9 Å². The lowest BCUT2D eigenvalue weighted by Crippen LogP contribution is -2.09. The number of fused-ring (bicyclic) bond motifs is 1. The highest BCUT2D eigenvalue weighted by molar-refractivity contribution is 5.82. The normalized spacial score (nSPS) is 9.20. The van der Waals surface area contributed by atoms with E-state index in [0.29, 0.717) is 39.3 Å². The smallest absolute Gasteiger partial charge is 0.310 e. The van der Waals surface area contributed by atoms with Crippen LogP contribution in [0.3, 0.4) is 0 Å². The molecule has 3 aromatic rings. The van der Waals surface area contributed by atoms with Crippen molar-refractivity contribution in [2.45, 2.75) is 79.6 Å². The van der Waals surface area contributed by atoms with Crippen LogP contribution in [-0.2, 0) is 39.8 Å². The van der Waals surface area contributed by atoms with E-state index >= 15 is 0 Å². The van der Waals surface area contributed by atoms with Crippen molar-refractivity contribution < 1.29 is 43.6 Å². The van der Waals surface area contributed by atoms with Gasteiger partial charge in [-0.3, -0.25) is 19.2 Å². The summed E-state index contributed by atoms with van der Waals surface area (Å²) in [6, 6.07) is 26.3. The number of esters is 3. The Morgan fingerprint density at radius 1 is 0.556 bits per heavy atom. The van der Waals surface area contributed by atoms with Gasteiger partial charge in [-0.05, 0) is 49.9 Å². The number of carboxylic acid groups (broad SMARTS) is 1. The average Bonchev–Trinajstić information content (AvgIpc) is 3.05. The largest absolute Gasteiger partial charge is 0.481 e. The number of unbranched alkanes of at least 4 members (excludes halogenated alkanes) is 1. The predicted molar refractivity (Wildman–Crippen MR) is 178 cm³/mol. The molecule has 3 rings (SSSR count). The molecule has 9 heteroatoms. The van der Waals surface area contributed by atoms with Crippen LogP contribution < -0.4 is 0 Å². The van der Waals surface area contributed by atoms with E-state index in [2.05, 4.69) is 58.0 Å². The second-order valence-corrected chi connectivity index (χ2v) is 9.15. The molecule has 0 spiro atoms. The van der Waals surface area contributed by atoms with Crippen LogP contribution in [0, 0.1) is 0 Å². The average molecular weight is 629 g/mol. The first-order chi connectivity index (χ1) is 21.7. The Bertz CT molecular complexity index is 1080. The first-order valence-corrected chi connectivity index (χ1v) is 15.5. The lowest BCUT2D eigenvalue weighted by Gasteiger charge is -2.01. The van der Waals surface area contributed by atoms with Crippen molar-refractivity contribution in [3.05, 3.63) is 84.4 Å². The van der Waals surface area contributed by atoms with Crippen LogP contribution in [0.1, 0.15) is 78.7 Å². The number of benzene rings is 3. The monoisotopic (exact) mass is 628 g/mol. The number of carbonyl (C=O) groups is 4. The first-order valence-electron chi connectivity index (χ1n) is 15.5. The molecule has 0 fully saturated rings. The molecule has 0 aromatic heterocycles. The molecule has 0 aliphatic heterocycles. The molecule has 0 amide bonds. The van der Waals surface area contributed by atoms with Crippen molar-refractivity contribution in [2.24, 2.45) is 0 Å². The second-order valence-electron chi connectivity index (χ2n) is 9.15. The molecule has 0 radical (unpaired) electrons. The molecular formula is C36H52O9. The molecule has 2 N–H and O–H groups in total. The number of hydrogen-bond acceptors (Lipinski definition) is 8. The second kappa shape index (κ2) is 31.2. The molecule has 9 nitrogen and oxygen atoms in total. The van der Waals surface area contributed by atoms with Crippen LogP contribution in [0.4, 0.5) is 0 Å². The fraction of sp³-hybridized carbons (Fsp3) is 0.444. The number of aliphatic hydroxyl groups is 1. The number of aliphatic carboxylic acids is 1. The quantitative estimate of drug-likeness (QED) is 0.158. The van der Waals surface area contributed by atoms with E-state index in [1.807, 2.05) is 51.1 Å². The molecule has 250 valence electrons. The van der Waals surface area contributed by atoms with Gasteiger partial charge in [0.2, 0.25) is 0 Å². The highest BCUT2D eigenvalue weighted by atomic mass is 16.5. The highest BCUT2D eigenvalue weighted by Gasteiger charge is 2.07. The van der Waals surface area contributed by atoms with Crippen LogP contribution in [0.2, 0.25) is 0 Å². The fourth-order valence-corrected chi connectivity index (χ4v) is 3.11. The third kappa shape index (κ3) is 28.3. The maximum absolute atomic E-state index is 11.0. The Morgan fingerprint density at radius 3 is 1.24 bits per heavy atom. The molecular weight excluding hydrogens is 576 g/mol. The number of carbonyl (C=O) groups excluding carboxylic acids is 3. The van der Waals surface area contributed by atoms with Gasteiger partial charge in [0.25, 0.3) is 0 Å². The van der Waals surface area contributed by atoms with Crippen molar-refractivity contribution in [1.82, 2.24) is 0 Å². The maximum atomic E-state index is 11.0. The molecule has 3 aromatic carbocycles. The summed E-state index contributed by atoms with van der Waals surface area (Å²) in [5.74, 6) is -1.57. The third-order valence-corrected chi connectivity index (χ3v) is 5.27. The van der Waals surface area contributed by atoms with Gasteiger partial charge in [0.1, 0.15) is 0 Å². The molecule has 0 aliphatic carbocycles. The standard InChI is InChI=1S/C10H12O2.C10H8.C8H14O4.C5H10O2.C3H8O/c1-2-12-10(11)8-9-6-4-3-5-7-9;1-2-6-10-8-4-3-7-9(10)5-1;1-3-11-7(9)5-6-8(10)12-4-2;1-2-3-4-5(6)7;1-2-3-4/h3-7H,2,8H2,1H3;1-8H;3-6H2,1-2H3;2-4H2,1H3,(H,6,7);4H,2-3H2,1H3. The maximum Gasteiger partial charge on any atom is 0.310 e. The molecule has 0 heterocycles. The zero-order chi connectivity index (χ0) is 34.1. The molecule has 45 heavy (non-hydrogen) atoms. The van der Waals surface area contributed by atoms with Gasteiger partial charge in [0.05, 0.1) is 39.1 Å². The van der Waals surface area contributed by atoms with Crippen LogP contribution in [-0.4, -0.2) is 60.5 Å². The summed E-state index contributed by atoms with van der Waals surface area (Å²) < 4.78 is 14.1. The van der Waals surface area contributed by atoms with Gasteiger partial charge in [0, 0.05) is 13.0 Å². The Labute approximate surface area is 268 Å². The topological polar surface area (TPSA) is 136 Å².